The molecule has 0 aliphatic carbocycles. The van der Waals surface area contributed by atoms with Crippen molar-refractivity contribution < 1.29 is 13.9 Å². The molecule has 4 rings (SSSR count). The summed E-state index contributed by atoms with van der Waals surface area (Å²) in [5, 5.41) is 0.214. The van der Waals surface area contributed by atoms with E-state index in [9.17, 15) is 4.39 Å². The number of methoxy groups -OCH3 is 1. The Labute approximate surface area is 167 Å². The molecule has 0 unspecified atom stereocenters. The van der Waals surface area contributed by atoms with Crippen molar-refractivity contribution in [3.63, 3.8) is 0 Å². The van der Waals surface area contributed by atoms with E-state index in [0.717, 1.165) is 25.3 Å². The average Bonchev–Trinajstić information content (AvgIpc) is 2.71. The summed E-state index contributed by atoms with van der Waals surface area (Å²) in [7, 11) is 1.38. The van der Waals surface area contributed by atoms with Gasteiger partial charge in [0.15, 0.2) is 11.5 Å². The van der Waals surface area contributed by atoms with Gasteiger partial charge < -0.3 is 14.4 Å². The third-order valence-corrected chi connectivity index (χ3v) is 5.87. The topological polar surface area (TPSA) is 34.1 Å². The van der Waals surface area contributed by atoms with E-state index in [0.29, 0.717) is 11.7 Å². The smallest absolute Gasteiger partial charge is 0.209 e. The van der Waals surface area contributed by atoms with Crippen LogP contribution in [-0.2, 0) is 0 Å². The molecular formula is C20H20ClFN2O2S. The van der Waals surface area contributed by atoms with E-state index < -0.39 is 5.82 Å². The van der Waals surface area contributed by atoms with Gasteiger partial charge in [0.1, 0.15) is 11.6 Å². The molecule has 2 aliphatic heterocycles. The molecule has 0 spiro atoms. The number of nitrogens with zero attached hydrogens (tertiary/aromatic N) is 2. The summed E-state index contributed by atoms with van der Waals surface area (Å²) in [4.78, 5) is 2.39. The Kier molecular flexibility index (Phi) is 5.45. The van der Waals surface area contributed by atoms with Crippen LogP contribution in [0.2, 0.25) is 5.02 Å². The number of piperidine rings is 1. The van der Waals surface area contributed by atoms with E-state index in [4.69, 9.17) is 25.5 Å². The zero-order valence-electron chi connectivity index (χ0n) is 15.0. The zero-order valence-corrected chi connectivity index (χ0v) is 16.5. The summed E-state index contributed by atoms with van der Waals surface area (Å²) in [6.07, 6.45) is 2.27. The fraction of sp³-hybridized carbons (Fsp3) is 0.350. The molecule has 142 valence electrons. The second-order valence-electron chi connectivity index (χ2n) is 6.53. The van der Waals surface area contributed by atoms with Gasteiger partial charge in [0.2, 0.25) is 5.82 Å². The van der Waals surface area contributed by atoms with Crippen LogP contribution in [0.1, 0.15) is 24.3 Å². The number of rotatable bonds is 4. The SMILES string of the molecule is COc1c(Cl)ccc(Oc2ccc([C@@H]3CCCN4CCSN=C34)cc2)c1F. The lowest BCUT2D eigenvalue weighted by molar-refractivity contribution is 0.367. The van der Waals surface area contributed by atoms with E-state index in [1.165, 1.54) is 31.0 Å². The van der Waals surface area contributed by atoms with Crippen molar-refractivity contribution >= 4 is 29.4 Å². The van der Waals surface area contributed by atoms with Gasteiger partial charge in [-0.15, -0.1) is 0 Å². The number of halogens is 2. The fourth-order valence-corrected chi connectivity index (χ4v) is 4.54. The van der Waals surface area contributed by atoms with Gasteiger partial charge in [-0.2, -0.15) is 4.39 Å². The Morgan fingerprint density at radius 1 is 1.19 bits per heavy atom. The molecule has 2 aromatic rings. The maximum atomic E-state index is 14.4. The van der Waals surface area contributed by atoms with E-state index in [2.05, 4.69) is 4.90 Å². The van der Waals surface area contributed by atoms with Crippen molar-refractivity contribution in [3.05, 3.63) is 52.8 Å². The molecule has 2 heterocycles. The van der Waals surface area contributed by atoms with Crippen molar-refractivity contribution in [2.24, 2.45) is 4.40 Å². The lowest BCUT2D eigenvalue weighted by atomic mass is 9.89. The molecule has 0 bridgehead atoms. The van der Waals surface area contributed by atoms with Gasteiger partial charge in [-0.25, -0.2) is 4.40 Å². The minimum Gasteiger partial charge on any atom is -0.492 e. The minimum atomic E-state index is -0.606. The van der Waals surface area contributed by atoms with Crippen molar-refractivity contribution in [2.75, 3.05) is 26.0 Å². The average molecular weight is 407 g/mol. The molecule has 0 radical (unpaired) electrons. The predicted molar refractivity (Wildman–Crippen MR) is 108 cm³/mol. The molecule has 1 saturated heterocycles. The summed E-state index contributed by atoms with van der Waals surface area (Å²) < 4.78 is 29.8. The van der Waals surface area contributed by atoms with Crippen molar-refractivity contribution in [2.45, 2.75) is 18.8 Å². The van der Waals surface area contributed by atoms with E-state index in [1.807, 2.05) is 24.3 Å². The molecule has 2 aliphatic rings. The quantitative estimate of drug-likeness (QED) is 0.626. The Bertz CT molecular complexity index is 860. The lowest BCUT2D eigenvalue weighted by Crippen LogP contribution is -2.42. The molecule has 1 fully saturated rings. The monoisotopic (exact) mass is 406 g/mol. The number of ether oxygens (including phenoxy) is 2. The highest BCUT2D eigenvalue weighted by atomic mass is 35.5. The van der Waals surface area contributed by atoms with Gasteiger partial charge in [0.05, 0.1) is 12.1 Å². The van der Waals surface area contributed by atoms with Crippen LogP contribution in [0.25, 0.3) is 0 Å². The van der Waals surface area contributed by atoms with Crippen LogP contribution in [0.15, 0.2) is 40.8 Å². The van der Waals surface area contributed by atoms with Gasteiger partial charge in [0, 0.05) is 24.8 Å². The highest BCUT2D eigenvalue weighted by molar-refractivity contribution is 7.98. The molecule has 0 N–H and O–H groups in total. The minimum absolute atomic E-state index is 0.0131. The highest BCUT2D eigenvalue weighted by Gasteiger charge is 2.29. The van der Waals surface area contributed by atoms with Crippen LogP contribution in [-0.4, -0.2) is 36.7 Å². The van der Waals surface area contributed by atoms with E-state index in [1.54, 1.807) is 18.0 Å². The van der Waals surface area contributed by atoms with Crippen LogP contribution in [0.3, 0.4) is 0 Å². The molecule has 0 aromatic heterocycles. The van der Waals surface area contributed by atoms with Gasteiger partial charge in [0.25, 0.3) is 0 Å². The van der Waals surface area contributed by atoms with Gasteiger partial charge in [-0.1, -0.05) is 23.7 Å². The number of hydrogen-bond donors (Lipinski definition) is 0. The number of benzene rings is 2. The molecule has 4 nitrogen and oxygen atoms in total. The normalized spacial score (nSPS) is 19.3. The molecular weight excluding hydrogens is 387 g/mol. The summed E-state index contributed by atoms with van der Waals surface area (Å²) in [6.45, 7) is 2.16. The van der Waals surface area contributed by atoms with Crippen LogP contribution in [0, 0.1) is 5.82 Å². The standard InChI is InChI=1S/C20H20ClFN2O2S/c1-25-19-16(21)8-9-17(18(19)22)26-14-6-4-13(5-7-14)15-3-2-10-24-11-12-27-23-20(15)24/h4-9,15H,2-3,10-12H2,1H3/t15-/m0/s1. The maximum Gasteiger partial charge on any atom is 0.209 e. The molecule has 1 atom stereocenters. The Balaban J connectivity index is 1.54. The number of hydrogen-bond acceptors (Lipinski definition) is 5. The van der Waals surface area contributed by atoms with Crippen LogP contribution < -0.4 is 9.47 Å². The molecule has 2 aromatic carbocycles. The highest BCUT2D eigenvalue weighted by Crippen LogP contribution is 2.37. The first-order valence-electron chi connectivity index (χ1n) is 8.92. The van der Waals surface area contributed by atoms with E-state index in [-0.39, 0.29) is 16.5 Å². The first kappa shape index (κ1) is 18.4. The largest absolute Gasteiger partial charge is 0.492 e. The Morgan fingerprint density at radius 2 is 2.00 bits per heavy atom. The summed E-state index contributed by atoms with van der Waals surface area (Å²) in [6, 6.07) is 10.9. The Morgan fingerprint density at radius 3 is 2.78 bits per heavy atom. The van der Waals surface area contributed by atoms with Crippen molar-refractivity contribution in [1.29, 1.82) is 0 Å². The number of fused-ring (bicyclic) bond motifs is 1. The first-order valence-corrected chi connectivity index (χ1v) is 10.2. The third-order valence-electron chi connectivity index (χ3n) is 4.90. The summed E-state index contributed by atoms with van der Waals surface area (Å²) in [5.74, 6) is 2.58. The van der Waals surface area contributed by atoms with E-state index >= 15 is 0 Å². The van der Waals surface area contributed by atoms with Crippen LogP contribution in [0.5, 0.6) is 17.2 Å². The van der Waals surface area contributed by atoms with Crippen molar-refractivity contribution in [1.82, 2.24) is 4.90 Å². The predicted octanol–water partition coefficient (Wildman–Crippen LogP) is 5.52. The molecule has 0 amide bonds. The van der Waals surface area contributed by atoms with Crippen molar-refractivity contribution in [3.8, 4) is 17.2 Å². The summed E-state index contributed by atoms with van der Waals surface area (Å²) in [5.41, 5.74) is 1.21. The van der Waals surface area contributed by atoms with Gasteiger partial charge in [-0.05, 0) is 54.6 Å². The lowest BCUT2D eigenvalue weighted by Gasteiger charge is -2.37. The third kappa shape index (κ3) is 3.73. The first-order chi connectivity index (χ1) is 13.2. The summed E-state index contributed by atoms with van der Waals surface area (Å²) >= 11 is 7.58. The van der Waals surface area contributed by atoms with Gasteiger partial charge >= 0.3 is 0 Å². The zero-order chi connectivity index (χ0) is 18.8. The van der Waals surface area contributed by atoms with Gasteiger partial charge in [-0.3, -0.25) is 0 Å². The molecule has 27 heavy (non-hydrogen) atoms. The second kappa shape index (κ2) is 7.98. The maximum absolute atomic E-state index is 14.4. The Hall–Kier alpha value is -1.92. The fourth-order valence-electron chi connectivity index (χ4n) is 3.55. The van der Waals surface area contributed by atoms with Crippen LogP contribution in [0.4, 0.5) is 4.39 Å². The molecule has 7 heteroatoms. The number of amidine groups is 1. The second-order valence-corrected chi connectivity index (χ2v) is 7.78. The van der Waals surface area contributed by atoms with Crippen LogP contribution >= 0.6 is 23.5 Å². The molecule has 0 saturated carbocycles.